The van der Waals surface area contributed by atoms with Crippen molar-refractivity contribution in [2.75, 3.05) is 13.2 Å². The van der Waals surface area contributed by atoms with Crippen LogP contribution in [-0.4, -0.2) is 26.6 Å². The molecular weight excluding hydrogens is 357 g/mol. The van der Waals surface area contributed by atoms with Crippen LogP contribution in [0.15, 0.2) is 12.1 Å². The van der Waals surface area contributed by atoms with Gasteiger partial charge in [0, 0.05) is 18.2 Å². The van der Waals surface area contributed by atoms with E-state index in [9.17, 15) is 8.78 Å². The fourth-order valence-corrected chi connectivity index (χ4v) is 1.52. The van der Waals surface area contributed by atoms with Crippen LogP contribution in [0.4, 0.5) is 8.78 Å². The molecule has 18 heavy (non-hydrogen) atoms. The second kappa shape index (κ2) is 6.93. The van der Waals surface area contributed by atoms with Gasteiger partial charge < -0.3 is 15.2 Å². The van der Waals surface area contributed by atoms with Crippen LogP contribution in [-0.2, 0) is 6.54 Å². The largest absolute Gasteiger partial charge is 0.478 e. The van der Waals surface area contributed by atoms with Crippen molar-refractivity contribution >= 4 is 25.2 Å². The van der Waals surface area contributed by atoms with Crippen LogP contribution < -0.4 is 15.2 Å². The van der Waals surface area contributed by atoms with Crippen LogP contribution >= 0.6 is 20.7 Å². The predicted molar refractivity (Wildman–Crippen MR) is 74.9 cm³/mol. The number of hydrogen-bond acceptors (Lipinski definition) is 4. The summed E-state index contributed by atoms with van der Waals surface area (Å²) in [6.07, 6.45) is 0. The average Bonchev–Trinajstić information content (AvgIpc) is 2.37. The standard InChI is InChI=1S/C11H15F2IN2O2/c1-3-17-10-8(6-15)4-5-9(16-10)18-7-11(12,13)14-2/h4-5H,2-3,6-7,15H2,1H3. The molecule has 0 aliphatic carbocycles. The van der Waals surface area contributed by atoms with Crippen molar-refractivity contribution in [2.45, 2.75) is 17.4 Å². The van der Waals surface area contributed by atoms with E-state index >= 15 is 0 Å². The highest BCUT2D eigenvalue weighted by Gasteiger charge is 2.26. The lowest BCUT2D eigenvalue weighted by Crippen LogP contribution is -2.19. The molecule has 2 N–H and O–H groups in total. The van der Waals surface area contributed by atoms with Crippen LogP contribution in [0.25, 0.3) is 0 Å². The van der Waals surface area contributed by atoms with E-state index in [2.05, 4.69) is 9.50 Å². The van der Waals surface area contributed by atoms with Gasteiger partial charge in [-0.25, -0.2) is 0 Å². The number of rotatable bonds is 7. The summed E-state index contributed by atoms with van der Waals surface area (Å²) in [7, 11) is 0. The third-order valence-corrected chi connectivity index (χ3v) is 3.42. The number of alkyl halides is 3. The summed E-state index contributed by atoms with van der Waals surface area (Å²) in [5.74, 6) is 0.429. The minimum atomic E-state index is -2.85. The Morgan fingerprint density at radius 2 is 2.17 bits per heavy atom. The van der Waals surface area contributed by atoms with Crippen molar-refractivity contribution < 1.29 is 18.3 Å². The third-order valence-electron chi connectivity index (χ3n) is 1.99. The molecule has 0 atom stereocenters. The van der Waals surface area contributed by atoms with Gasteiger partial charge in [-0.2, -0.15) is 13.8 Å². The maximum atomic E-state index is 13.0. The molecule has 4 nitrogen and oxygen atoms in total. The summed E-state index contributed by atoms with van der Waals surface area (Å²) >= 11 is -1.45. The van der Waals surface area contributed by atoms with E-state index in [1.54, 1.807) is 13.0 Å². The monoisotopic (exact) mass is 372 g/mol. The minimum absolute atomic E-state index is 0.104. The van der Waals surface area contributed by atoms with Crippen LogP contribution in [0.2, 0.25) is 0 Å². The normalized spacial score (nSPS) is 11.3. The van der Waals surface area contributed by atoms with Crippen molar-refractivity contribution in [1.82, 2.24) is 4.98 Å². The smallest absolute Gasteiger partial charge is 0.324 e. The molecule has 0 aliphatic rings. The van der Waals surface area contributed by atoms with Gasteiger partial charge in [-0.05, 0) is 33.7 Å². The Hall–Kier alpha value is -0.830. The Balaban J connectivity index is 2.78. The number of nitrogens with two attached hydrogens (primary N) is 1. The van der Waals surface area contributed by atoms with Gasteiger partial charge in [0.15, 0.2) is 6.61 Å². The van der Waals surface area contributed by atoms with E-state index in [0.717, 1.165) is 0 Å². The van der Waals surface area contributed by atoms with Gasteiger partial charge in [0.05, 0.1) is 6.61 Å². The van der Waals surface area contributed by atoms with Gasteiger partial charge in [-0.15, -0.1) is 0 Å². The molecule has 0 aliphatic heterocycles. The van der Waals surface area contributed by atoms with Crippen molar-refractivity contribution in [3.8, 4) is 11.8 Å². The molecule has 0 unspecified atom stereocenters. The predicted octanol–water partition coefficient (Wildman–Crippen LogP) is 2.31. The first-order valence-electron chi connectivity index (χ1n) is 5.25. The second-order valence-electron chi connectivity index (χ2n) is 3.29. The lowest BCUT2D eigenvalue weighted by Gasteiger charge is -2.13. The van der Waals surface area contributed by atoms with E-state index in [0.29, 0.717) is 18.1 Å². The third kappa shape index (κ3) is 4.45. The van der Waals surface area contributed by atoms with Gasteiger partial charge in [0.2, 0.25) is 11.8 Å². The summed E-state index contributed by atoms with van der Waals surface area (Å²) in [5.41, 5.74) is 6.22. The molecule has 1 aromatic heterocycles. The highest BCUT2D eigenvalue weighted by Crippen LogP contribution is 2.28. The van der Waals surface area contributed by atoms with Crippen LogP contribution in [0.1, 0.15) is 12.5 Å². The molecule has 0 amide bonds. The van der Waals surface area contributed by atoms with E-state index < -0.39 is 31.3 Å². The summed E-state index contributed by atoms with van der Waals surface area (Å²) < 4.78 is 36.7. The number of halogens is 3. The molecule has 0 bridgehead atoms. The Morgan fingerprint density at radius 1 is 1.44 bits per heavy atom. The molecule has 1 heterocycles. The molecule has 0 saturated carbocycles. The first-order valence-corrected chi connectivity index (χ1v) is 7.85. The van der Waals surface area contributed by atoms with E-state index in [4.69, 9.17) is 15.2 Å². The summed E-state index contributed by atoms with van der Waals surface area (Å²) in [6, 6.07) is 3.16. The van der Waals surface area contributed by atoms with Gasteiger partial charge in [0.1, 0.15) is 0 Å². The quantitative estimate of drug-likeness (QED) is 0.590. The number of nitrogens with zero attached hydrogens (tertiary/aromatic N) is 1. The van der Waals surface area contributed by atoms with Crippen LogP contribution in [0.5, 0.6) is 11.8 Å². The number of ether oxygens (including phenoxy) is 2. The highest BCUT2D eigenvalue weighted by molar-refractivity contribution is 14.2. The molecule has 7 heteroatoms. The maximum Gasteiger partial charge on any atom is 0.324 e. The second-order valence-corrected chi connectivity index (χ2v) is 5.63. The fraction of sp³-hybridized carbons (Fsp3) is 0.455. The molecule has 0 fully saturated rings. The summed E-state index contributed by atoms with van der Waals surface area (Å²) in [4.78, 5) is 4.00. The number of aromatic nitrogens is 1. The van der Waals surface area contributed by atoms with E-state index in [1.165, 1.54) is 6.07 Å². The molecule has 0 radical (unpaired) electrons. The first kappa shape index (κ1) is 15.2. The van der Waals surface area contributed by atoms with Gasteiger partial charge >= 0.3 is 3.93 Å². The van der Waals surface area contributed by atoms with E-state index in [-0.39, 0.29) is 12.4 Å². The average molecular weight is 372 g/mol. The number of hydrogen-bond donors (Lipinski definition) is 1. The van der Waals surface area contributed by atoms with Gasteiger partial charge in [-0.3, -0.25) is 0 Å². The van der Waals surface area contributed by atoms with Gasteiger partial charge in [-0.1, -0.05) is 4.51 Å². The minimum Gasteiger partial charge on any atom is -0.478 e. The molecular formula is C11H15F2IN2O2. The zero-order chi connectivity index (χ0) is 13.6. The Bertz CT molecular complexity index is 416. The van der Waals surface area contributed by atoms with Crippen LogP contribution in [0.3, 0.4) is 0 Å². The molecule has 102 valence electrons. The Morgan fingerprint density at radius 3 is 2.72 bits per heavy atom. The molecule has 0 aromatic carbocycles. The summed E-state index contributed by atoms with van der Waals surface area (Å²) in [5, 5.41) is 0. The molecule has 0 saturated heterocycles. The molecule has 0 spiro atoms. The lowest BCUT2D eigenvalue weighted by atomic mass is 10.3. The SMILES string of the molecule is C=IC(F)(F)COc1ccc(CN)c(OCC)n1. The molecule has 1 rings (SSSR count). The Labute approximate surface area is 114 Å². The lowest BCUT2D eigenvalue weighted by molar-refractivity contribution is 0.0621. The molecule has 1 aromatic rings. The zero-order valence-corrected chi connectivity index (χ0v) is 12.1. The van der Waals surface area contributed by atoms with E-state index in [1.807, 2.05) is 0 Å². The van der Waals surface area contributed by atoms with Crippen LogP contribution in [0, 0.1) is 0 Å². The summed E-state index contributed by atoms with van der Waals surface area (Å²) in [6.45, 7) is 1.79. The number of pyridine rings is 1. The van der Waals surface area contributed by atoms with Crippen molar-refractivity contribution in [2.24, 2.45) is 5.73 Å². The highest BCUT2D eigenvalue weighted by atomic mass is 127. The fourth-order valence-electron chi connectivity index (χ4n) is 1.14. The van der Waals surface area contributed by atoms with Gasteiger partial charge in [0.25, 0.3) is 0 Å². The van der Waals surface area contributed by atoms with Crippen molar-refractivity contribution in [1.29, 1.82) is 0 Å². The Kier molecular flexibility index (Phi) is 5.86. The zero-order valence-electron chi connectivity index (χ0n) is 9.96. The first-order chi connectivity index (χ1) is 8.52. The van der Waals surface area contributed by atoms with Crippen molar-refractivity contribution in [3.63, 3.8) is 0 Å². The maximum absolute atomic E-state index is 13.0. The van der Waals surface area contributed by atoms with Crippen molar-refractivity contribution in [3.05, 3.63) is 17.7 Å². The topological polar surface area (TPSA) is 57.4 Å².